The average Bonchev–Trinajstić information content (AvgIpc) is 2.40. The Kier molecular flexibility index (Phi) is 2.65. The van der Waals surface area contributed by atoms with Gasteiger partial charge in [-0.1, -0.05) is 0 Å². The number of rotatable bonds is 0. The van der Waals surface area contributed by atoms with E-state index in [1.165, 1.54) is 6.42 Å². The van der Waals surface area contributed by atoms with E-state index in [0.717, 1.165) is 19.6 Å². The molecule has 1 unspecified atom stereocenters. The lowest BCUT2D eigenvalue weighted by molar-refractivity contribution is -0.0367. The van der Waals surface area contributed by atoms with Gasteiger partial charge in [0.1, 0.15) is 5.60 Å². The van der Waals surface area contributed by atoms with Gasteiger partial charge < -0.3 is 15.0 Å². The highest BCUT2D eigenvalue weighted by molar-refractivity contribution is 5.69. The highest BCUT2D eigenvalue weighted by atomic mass is 16.6. The molecular formula is C12H22N2O2. The third-order valence-electron chi connectivity index (χ3n) is 3.66. The third kappa shape index (κ3) is 2.03. The fourth-order valence-corrected chi connectivity index (χ4v) is 2.57. The molecule has 1 N–H and O–H groups in total. The van der Waals surface area contributed by atoms with E-state index in [-0.39, 0.29) is 11.7 Å². The maximum atomic E-state index is 11.8. The van der Waals surface area contributed by atoms with Crippen molar-refractivity contribution in [2.24, 2.45) is 5.41 Å². The van der Waals surface area contributed by atoms with E-state index in [4.69, 9.17) is 4.74 Å². The minimum Gasteiger partial charge on any atom is -0.444 e. The van der Waals surface area contributed by atoms with Crippen LogP contribution >= 0.6 is 0 Å². The van der Waals surface area contributed by atoms with Gasteiger partial charge in [0.2, 0.25) is 0 Å². The standard InChI is InChI=1S/C12H22N2O2/c1-9-12(5-6-13-9)7-14(8-12)10(15)16-11(2,3)4/h9,13H,5-8H2,1-4H3. The van der Waals surface area contributed by atoms with E-state index < -0.39 is 0 Å². The van der Waals surface area contributed by atoms with Crippen molar-refractivity contribution in [1.29, 1.82) is 0 Å². The van der Waals surface area contributed by atoms with Gasteiger partial charge in [0.05, 0.1) is 0 Å². The first kappa shape index (κ1) is 11.7. The number of hydrogen-bond acceptors (Lipinski definition) is 3. The van der Waals surface area contributed by atoms with Crippen molar-refractivity contribution >= 4 is 6.09 Å². The quantitative estimate of drug-likeness (QED) is 0.682. The summed E-state index contributed by atoms with van der Waals surface area (Å²) in [6, 6.07) is 0.520. The molecule has 2 saturated heterocycles. The third-order valence-corrected chi connectivity index (χ3v) is 3.66. The van der Waals surface area contributed by atoms with Crippen LogP contribution in [-0.4, -0.2) is 42.3 Å². The molecule has 2 aliphatic heterocycles. The summed E-state index contributed by atoms with van der Waals surface area (Å²) >= 11 is 0. The molecule has 1 atom stereocenters. The zero-order valence-corrected chi connectivity index (χ0v) is 10.7. The molecule has 2 heterocycles. The fourth-order valence-electron chi connectivity index (χ4n) is 2.57. The number of amides is 1. The van der Waals surface area contributed by atoms with Gasteiger partial charge in [-0.05, 0) is 40.7 Å². The van der Waals surface area contributed by atoms with Gasteiger partial charge in [-0.2, -0.15) is 0 Å². The van der Waals surface area contributed by atoms with E-state index in [1.54, 1.807) is 0 Å². The normalized spacial score (nSPS) is 28.0. The van der Waals surface area contributed by atoms with Crippen molar-refractivity contribution in [2.75, 3.05) is 19.6 Å². The monoisotopic (exact) mass is 226 g/mol. The molecule has 92 valence electrons. The predicted octanol–water partition coefficient (Wildman–Crippen LogP) is 1.61. The summed E-state index contributed by atoms with van der Waals surface area (Å²) in [7, 11) is 0. The van der Waals surface area contributed by atoms with Gasteiger partial charge in [0.15, 0.2) is 0 Å². The van der Waals surface area contributed by atoms with E-state index in [9.17, 15) is 4.79 Å². The smallest absolute Gasteiger partial charge is 0.410 e. The lowest BCUT2D eigenvalue weighted by Crippen LogP contribution is -2.62. The van der Waals surface area contributed by atoms with Crippen molar-refractivity contribution in [1.82, 2.24) is 10.2 Å². The Balaban J connectivity index is 1.86. The van der Waals surface area contributed by atoms with Gasteiger partial charge >= 0.3 is 6.09 Å². The number of carbonyl (C=O) groups is 1. The molecule has 0 saturated carbocycles. The second-order valence-electron chi connectivity index (χ2n) is 6.12. The van der Waals surface area contributed by atoms with Crippen LogP contribution in [0.3, 0.4) is 0 Å². The van der Waals surface area contributed by atoms with Crippen LogP contribution < -0.4 is 5.32 Å². The number of hydrogen-bond donors (Lipinski definition) is 1. The molecule has 0 radical (unpaired) electrons. The average molecular weight is 226 g/mol. The lowest BCUT2D eigenvalue weighted by Gasteiger charge is -2.50. The van der Waals surface area contributed by atoms with Crippen molar-refractivity contribution < 1.29 is 9.53 Å². The molecule has 0 aromatic rings. The van der Waals surface area contributed by atoms with E-state index in [2.05, 4.69) is 12.2 Å². The Hall–Kier alpha value is -0.770. The van der Waals surface area contributed by atoms with Gasteiger partial charge in [0, 0.05) is 24.5 Å². The second kappa shape index (κ2) is 3.62. The molecule has 2 rings (SSSR count). The molecule has 4 nitrogen and oxygen atoms in total. The first-order valence-corrected chi connectivity index (χ1v) is 6.04. The van der Waals surface area contributed by atoms with Gasteiger partial charge in [0.25, 0.3) is 0 Å². The number of likely N-dealkylation sites (tertiary alicyclic amines) is 1. The van der Waals surface area contributed by atoms with Crippen LogP contribution in [0.2, 0.25) is 0 Å². The highest BCUT2D eigenvalue weighted by Gasteiger charge is 2.51. The lowest BCUT2D eigenvalue weighted by atomic mass is 9.74. The van der Waals surface area contributed by atoms with E-state index >= 15 is 0 Å². The molecule has 16 heavy (non-hydrogen) atoms. The van der Waals surface area contributed by atoms with Crippen LogP contribution in [0.15, 0.2) is 0 Å². The predicted molar refractivity (Wildman–Crippen MR) is 62.3 cm³/mol. The number of nitrogens with one attached hydrogen (secondary N) is 1. The summed E-state index contributed by atoms with van der Waals surface area (Å²) in [5, 5.41) is 3.44. The highest BCUT2D eigenvalue weighted by Crippen LogP contribution is 2.40. The van der Waals surface area contributed by atoms with Crippen LogP contribution in [-0.2, 0) is 4.74 Å². The molecule has 2 aliphatic rings. The number of ether oxygens (including phenoxy) is 1. The van der Waals surface area contributed by atoms with Crippen molar-refractivity contribution in [3.63, 3.8) is 0 Å². The number of carbonyl (C=O) groups excluding carboxylic acids is 1. The topological polar surface area (TPSA) is 41.6 Å². The van der Waals surface area contributed by atoms with Gasteiger partial charge in [-0.25, -0.2) is 4.79 Å². The zero-order chi connectivity index (χ0) is 12.0. The summed E-state index contributed by atoms with van der Waals surface area (Å²) in [6.07, 6.45) is 1.00. The second-order valence-corrected chi connectivity index (χ2v) is 6.12. The van der Waals surface area contributed by atoms with Gasteiger partial charge in [-0.3, -0.25) is 0 Å². The van der Waals surface area contributed by atoms with Crippen molar-refractivity contribution in [3.05, 3.63) is 0 Å². The summed E-state index contributed by atoms with van der Waals surface area (Å²) in [5.74, 6) is 0. The maximum Gasteiger partial charge on any atom is 0.410 e. The zero-order valence-electron chi connectivity index (χ0n) is 10.7. The first-order chi connectivity index (χ1) is 7.32. The van der Waals surface area contributed by atoms with Crippen molar-refractivity contribution in [2.45, 2.75) is 45.8 Å². The summed E-state index contributed by atoms with van der Waals surface area (Å²) in [4.78, 5) is 13.6. The van der Waals surface area contributed by atoms with Crippen LogP contribution in [0, 0.1) is 5.41 Å². The summed E-state index contributed by atoms with van der Waals surface area (Å²) in [5.41, 5.74) is -0.0731. The molecular weight excluding hydrogens is 204 g/mol. The van der Waals surface area contributed by atoms with Crippen LogP contribution in [0.4, 0.5) is 4.79 Å². The maximum absolute atomic E-state index is 11.8. The van der Waals surface area contributed by atoms with Crippen LogP contribution in [0.5, 0.6) is 0 Å². The minimum atomic E-state index is -0.390. The molecule has 4 heteroatoms. The molecule has 1 amide bonds. The molecule has 0 bridgehead atoms. The Morgan fingerprint density at radius 1 is 1.44 bits per heavy atom. The van der Waals surface area contributed by atoms with Crippen molar-refractivity contribution in [3.8, 4) is 0 Å². The summed E-state index contributed by atoms with van der Waals surface area (Å²) in [6.45, 7) is 10.7. The molecule has 0 aliphatic carbocycles. The fraction of sp³-hybridized carbons (Fsp3) is 0.917. The van der Waals surface area contributed by atoms with Crippen LogP contribution in [0.25, 0.3) is 0 Å². The first-order valence-electron chi connectivity index (χ1n) is 6.04. The Labute approximate surface area is 97.3 Å². The Morgan fingerprint density at radius 3 is 2.50 bits per heavy atom. The minimum absolute atomic E-state index is 0.169. The Bertz CT molecular complexity index is 290. The van der Waals surface area contributed by atoms with Crippen LogP contribution in [0.1, 0.15) is 34.1 Å². The Morgan fingerprint density at radius 2 is 2.06 bits per heavy atom. The molecule has 0 aromatic carbocycles. The largest absolute Gasteiger partial charge is 0.444 e. The number of nitrogens with zero attached hydrogens (tertiary/aromatic N) is 1. The van der Waals surface area contributed by atoms with E-state index in [1.807, 2.05) is 25.7 Å². The molecule has 1 spiro atoms. The molecule has 0 aromatic heterocycles. The SMILES string of the molecule is CC1NCCC12CN(C(=O)OC(C)(C)C)C2. The van der Waals surface area contributed by atoms with E-state index in [0.29, 0.717) is 11.5 Å². The summed E-state index contributed by atoms with van der Waals surface area (Å²) < 4.78 is 5.35. The van der Waals surface area contributed by atoms with Gasteiger partial charge in [-0.15, -0.1) is 0 Å². The molecule has 2 fully saturated rings.